The number of hydrogen-bond donors (Lipinski definition) is 0. The van der Waals surface area contributed by atoms with Gasteiger partial charge in [-0.15, -0.1) is 23.5 Å². The standard InChI is InChI=1S/C18H18N4S4/c1-11-7-5-9-13-15(17(23-3)19-21(11)13)25-26-16-14-10-6-8-12(2)22(14)20-18(16)24-4/h5-10H,1-4H3. The fourth-order valence-corrected chi connectivity index (χ4v) is 7.16. The molecule has 0 N–H and O–H groups in total. The van der Waals surface area contributed by atoms with Crippen LogP contribution in [0.3, 0.4) is 0 Å². The lowest BCUT2D eigenvalue weighted by Crippen LogP contribution is -1.91. The Morgan fingerprint density at radius 2 is 1.12 bits per heavy atom. The minimum absolute atomic E-state index is 1.06. The maximum atomic E-state index is 4.77. The molecular weight excluding hydrogens is 400 g/mol. The van der Waals surface area contributed by atoms with Crippen molar-refractivity contribution in [1.29, 1.82) is 0 Å². The van der Waals surface area contributed by atoms with Gasteiger partial charge < -0.3 is 0 Å². The molecule has 0 unspecified atom stereocenters. The van der Waals surface area contributed by atoms with Gasteiger partial charge in [0.05, 0.1) is 20.8 Å². The summed E-state index contributed by atoms with van der Waals surface area (Å²) in [5.74, 6) is 0. The van der Waals surface area contributed by atoms with Gasteiger partial charge in [-0.2, -0.15) is 10.2 Å². The number of nitrogens with zero attached hydrogens (tertiary/aromatic N) is 4. The molecule has 0 aromatic carbocycles. The normalized spacial score (nSPS) is 11.7. The number of fused-ring (bicyclic) bond motifs is 2. The summed E-state index contributed by atoms with van der Waals surface area (Å²) in [6, 6.07) is 12.6. The molecule has 0 spiro atoms. The van der Waals surface area contributed by atoms with Gasteiger partial charge >= 0.3 is 0 Å². The van der Waals surface area contributed by atoms with Crippen LogP contribution in [0.2, 0.25) is 0 Å². The molecule has 0 saturated heterocycles. The number of rotatable bonds is 5. The summed E-state index contributed by atoms with van der Waals surface area (Å²) in [4.78, 5) is 2.43. The molecule has 0 amide bonds. The second-order valence-electron chi connectivity index (χ2n) is 5.77. The zero-order valence-electron chi connectivity index (χ0n) is 14.9. The lowest BCUT2D eigenvalue weighted by molar-refractivity contribution is 0.862. The average Bonchev–Trinajstić information content (AvgIpc) is 3.19. The molecule has 4 nitrogen and oxygen atoms in total. The van der Waals surface area contributed by atoms with Crippen LogP contribution >= 0.6 is 45.1 Å². The molecule has 0 saturated carbocycles. The Bertz CT molecular complexity index is 1010. The summed E-state index contributed by atoms with van der Waals surface area (Å²) in [6.45, 7) is 4.18. The highest BCUT2D eigenvalue weighted by molar-refractivity contribution is 8.76. The highest BCUT2D eigenvalue weighted by Gasteiger charge is 2.18. The second-order valence-corrected chi connectivity index (χ2v) is 9.51. The Kier molecular flexibility index (Phi) is 5.18. The molecule has 0 bridgehead atoms. The second kappa shape index (κ2) is 7.42. The van der Waals surface area contributed by atoms with E-state index in [0.717, 1.165) is 32.5 Å². The van der Waals surface area contributed by atoms with Crippen molar-refractivity contribution in [3.8, 4) is 0 Å². The Balaban J connectivity index is 1.77. The van der Waals surface area contributed by atoms with Crippen LogP contribution in [0.15, 0.2) is 56.2 Å². The summed E-state index contributed by atoms with van der Waals surface area (Å²) >= 11 is 3.38. The zero-order chi connectivity index (χ0) is 18.3. The van der Waals surface area contributed by atoms with Gasteiger partial charge in [-0.25, -0.2) is 9.03 Å². The lowest BCUT2D eigenvalue weighted by Gasteiger charge is -2.03. The van der Waals surface area contributed by atoms with Gasteiger partial charge in [0.2, 0.25) is 0 Å². The van der Waals surface area contributed by atoms with E-state index in [0.29, 0.717) is 0 Å². The van der Waals surface area contributed by atoms with E-state index < -0.39 is 0 Å². The topological polar surface area (TPSA) is 34.6 Å². The summed E-state index contributed by atoms with van der Waals surface area (Å²) in [6.07, 6.45) is 4.16. The number of hydrogen-bond acceptors (Lipinski definition) is 6. The number of aryl methyl sites for hydroxylation is 2. The van der Waals surface area contributed by atoms with E-state index in [1.165, 1.54) is 9.79 Å². The molecule has 134 valence electrons. The third-order valence-corrected chi connectivity index (χ3v) is 8.21. The van der Waals surface area contributed by atoms with Crippen LogP contribution in [-0.2, 0) is 0 Å². The first-order valence-corrected chi connectivity index (χ1v) is 12.6. The van der Waals surface area contributed by atoms with Crippen LogP contribution in [0, 0.1) is 13.8 Å². The smallest absolute Gasteiger partial charge is 0.133 e. The van der Waals surface area contributed by atoms with Gasteiger partial charge in [0.25, 0.3) is 0 Å². The lowest BCUT2D eigenvalue weighted by atomic mass is 10.3. The number of aromatic nitrogens is 4. The zero-order valence-corrected chi connectivity index (χ0v) is 18.2. The molecule has 0 aliphatic rings. The van der Waals surface area contributed by atoms with Crippen LogP contribution in [-0.4, -0.2) is 31.7 Å². The van der Waals surface area contributed by atoms with Crippen molar-refractivity contribution in [1.82, 2.24) is 19.2 Å². The maximum Gasteiger partial charge on any atom is 0.133 e. The minimum atomic E-state index is 1.06. The molecular formula is C18H18N4S4. The van der Waals surface area contributed by atoms with Gasteiger partial charge in [0.1, 0.15) is 10.1 Å². The highest BCUT2D eigenvalue weighted by atomic mass is 33.1. The first kappa shape index (κ1) is 18.2. The summed E-state index contributed by atoms with van der Waals surface area (Å²) < 4.78 is 4.06. The maximum absolute atomic E-state index is 4.77. The molecule has 0 atom stereocenters. The third-order valence-electron chi connectivity index (χ3n) is 4.14. The van der Waals surface area contributed by atoms with Crippen molar-refractivity contribution in [2.75, 3.05) is 12.5 Å². The molecule has 0 aliphatic carbocycles. The predicted molar refractivity (Wildman–Crippen MR) is 115 cm³/mol. The Hall–Kier alpha value is -1.22. The average molecular weight is 419 g/mol. The van der Waals surface area contributed by atoms with E-state index in [1.54, 1.807) is 45.1 Å². The first-order chi connectivity index (χ1) is 12.6. The summed E-state index contributed by atoms with van der Waals surface area (Å²) in [5, 5.41) is 11.7. The van der Waals surface area contributed by atoms with E-state index in [9.17, 15) is 0 Å². The van der Waals surface area contributed by atoms with E-state index in [2.05, 4.69) is 62.8 Å². The van der Waals surface area contributed by atoms with Crippen molar-refractivity contribution < 1.29 is 0 Å². The first-order valence-electron chi connectivity index (χ1n) is 8.03. The van der Waals surface area contributed by atoms with E-state index in [4.69, 9.17) is 10.2 Å². The molecule has 0 aliphatic heterocycles. The quantitative estimate of drug-likeness (QED) is 0.299. The molecule has 4 rings (SSSR count). The van der Waals surface area contributed by atoms with Crippen LogP contribution in [0.4, 0.5) is 0 Å². The van der Waals surface area contributed by atoms with Crippen LogP contribution < -0.4 is 0 Å². The van der Waals surface area contributed by atoms with Gasteiger partial charge in [-0.3, -0.25) is 0 Å². The number of thioether (sulfide) groups is 2. The highest BCUT2D eigenvalue weighted by Crippen LogP contribution is 2.47. The van der Waals surface area contributed by atoms with Crippen LogP contribution in [0.1, 0.15) is 11.4 Å². The van der Waals surface area contributed by atoms with Crippen molar-refractivity contribution >= 4 is 56.1 Å². The SMILES string of the molecule is CSc1nn2c(C)cccc2c1SSc1c(SC)nn2c(C)cccc12. The van der Waals surface area contributed by atoms with E-state index >= 15 is 0 Å². The van der Waals surface area contributed by atoms with Gasteiger partial charge in [0, 0.05) is 11.4 Å². The molecule has 0 fully saturated rings. The molecule has 0 radical (unpaired) electrons. The van der Waals surface area contributed by atoms with Crippen molar-refractivity contribution in [2.24, 2.45) is 0 Å². The Labute approximate surface area is 168 Å². The minimum Gasteiger partial charge on any atom is -0.236 e. The van der Waals surface area contributed by atoms with Crippen molar-refractivity contribution in [3.05, 3.63) is 47.8 Å². The summed E-state index contributed by atoms with van der Waals surface area (Å²) in [5.41, 5.74) is 4.60. The summed E-state index contributed by atoms with van der Waals surface area (Å²) in [7, 11) is 3.54. The molecule has 26 heavy (non-hydrogen) atoms. The van der Waals surface area contributed by atoms with Gasteiger partial charge in [-0.1, -0.05) is 12.1 Å². The molecule has 8 heteroatoms. The van der Waals surface area contributed by atoms with Gasteiger partial charge in [-0.05, 0) is 72.2 Å². The Morgan fingerprint density at radius 1 is 0.692 bits per heavy atom. The number of pyridine rings is 2. The third kappa shape index (κ3) is 3.02. The molecule has 4 aromatic rings. The molecule has 4 aromatic heterocycles. The fourth-order valence-electron chi connectivity index (χ4n) is 2.83. The molecule has 4 heterocycles. The monoisotopic (exact) mass is 418 g/mol. The largest absolute Gasteiger partial charge is 0.236 e. The fraction of sp³-hybridized carbons (Fsp3) is 0.222. The van der Waals surface area contributed by atoms with Crippen molar-refractivity contribution in [2.45, 2.75) is 33.7 Å². The van der Waals surface area contributed by atoms with Crippen LogP contribution in [0.5, 0.6) is 0 Å². The van der Waals surface area contributed by atoms with E-state index in [-0.39, 0.29) is 0 Å². The van der Waals surface area contributed by atoms with Crippen LogP contribution in [0.25, 0.3) is 11.0 Å². The predicted octanol–water partition coefficient (Wildman–Crippen LogP) is 5.84. The van der Waals surface area contributed by atoms with Gasteiger partial charge in [0.15, 0.2) is 0 Å². The Morgan fingerprint density at radius 3 is 1.50 bits per heavy atom. The van der Waals surface area contributed by atoms with Crippen molar-refractivity contribution in [3.63, 3.8) is 0 Å². The van der Waals surface area contributed by atoms with E-state index in [1.807, 2.05) is 9.03 Å².